The molecule has 5 heteroatoms. The van der Waals surface area contributed by atoms with E-state index >= 15 is 0 Å². The molecule has 0 aliphatic rings. The Labute approximate surface area is 111 Å². The second-order valence-corrected chi connectivity index (χ2v) is 4.74. The Morgan fingerprint density at radius 1 is 1.37 bits per heavy atom. The van der Waals surface area contributed by atoms with Crippen molar-refractivity contribution in [2.75, 3.05) is 6.54 Å². The van der Waals surface area contributed by atoms with Crippen molar-refractivity contribution in [1.29, 1.82) is 0 Å². The number of carboxylic acids is 1. The minimum absolute atomic E-state index is 0.166. The van der Waals surface area contributed by atoms with Gasteiger partial charge in [-0.3, -0.25) is 4.79 Å². The summed E-state index contributed by atoms with van der Waals surface area (Å²) in [6.45, 7) is 2.90. The standard InChI is InChI=1S/C14H19F2NO2/c1-10(2-5-14(18)19)6-7-17-9-11-8-12(15)3-4-13(11)16/h3-4,8,10,17H,2,5-7,9H2,1H3,(H,18,19). The summed E-state index contributed by atoms with van der Waals surface area (Å²) in [6.07, 6.45) is 1.61. The van der Waals surface area contributed by atoms with Gasteiger partial charge in [0.1, 0.15) is 11.6 Å². The smallest absolute Gasteiger partial charge is 0.303 e. The molecule has 0 saturated heterocycles. The SMILES string of the molecule is CC(CCNCc1cc(F)ccc1F)CCC(=O)O. The molecule has 1 atom stereocenters. The van der Waals surface area contributed by atoms with E-state index in [1.807, 2.05) is 6.92 Å². The number of nitrogens with one attached hydrogen (secondary N) is 1. The topological polar surface area (TPSA) is 49.3 Å². The summed E-state index contributed by atoms with van der Waals surface area (Å²) in [5.74, 6) is -1.37. The van der Waals surface area contributed by atoms with Gasteiger partial charge < -0.3 is 10.4 Å². The Hall–Kier alpha value is -1.49. The largest absolute Gasteiger partial charge is 0.481 e. The summed E-state index contributed by atoms with van der Waals surface area (Å²) >= 11 is 0. The number of aliphatic carboxylic acids is 1. The van der Waals surface area contributed by atoms with Crippen molar-refractivity contribution >= 4 is 5.97 Å². The number of rotatable bonds is 8. The lowest BCUT2D eigenvalue weighted by Gasteiger charge is -2.11. The summed E-state index contributed by atoms with van der Waals surface area (Å²) in [4.78, 5) is 10.4. The fraction of sp³-hybridized carbons (Fsp3) is 0.500. The van der Waals surface area contributed by atoms with E-state index in [2.05, 4.69) is 5.32 Å². The summed E-state index contributed by atoms with van der Waals surface area (Å²) < 4.78 is 26.2. The molecule has 0 radical (unpaired) electrons. The summed E-state index contributed by atoms with van der Waals surface area (Å²) in [7, 11) is 0. The van der Waals surface area contributed by atoms with E-state index in [4.69, 9.17) is 5.11 Å². The van der Waals surface area contributed by atoms with Crippen LogP contribution in [0, 0.1) is 17.6 Å². The van der Waals surface area contributed by atoms with Gasteiger partial charge in [0.2, 0.25) is 0 Å². The lowest BCUT2D eigenvalue weighted by molar-refractivity contribution is -0.137. The molecule has 0 amide bonds. The van der Waals surface area contributed by atoms with E-state index in [-0.39, 0.29) is 13.0 Å². The third-order valence-electron chi connectivity index (χ3n) is 2.99. The average molecular weight is 271 g/mol. The Balaban J connectivity index is 2.23. The monoisotopic (exact) mass is 271 g/mol. The molecule has 0 saturated carbocycles. The Morgan fingerprint density at radius 2 is 2.11 bits per heavy atom. The zero-order chi connectivity index (χ0) is 14.3. The normalized spacial score (nSPS) is 12.4. The number of carboxylic acid groups (broad SMARTS) is 1. The van der Waals surface area contributed by atoms with Crippen LogP contribution in [0.1, 0.15) is 31.7 Å². The molecule has 1 aromatic rings. The van der Waals surface area contributed by atoms with Crippen molar-refractivity contribution in [2.24, 2.45) is 5.92 Å². The first-order chi connectivity index (χ1) is 8.99. The predicted octanol–water partition coefficient (Wildman–Crippen LogP) is 2.95. The first-order valence-electron chi connectivity index (χ1n) is 6.35. The van der Waals surface area contributed by atoms with E-state index in [1.165, 1.54) is 6.07 Å². The van der Waals surface area contributed by atoms with E-state index < -0.39 is 17.6 Å². The van der Waals surface area contributed by atoms with Crippen LogP contribution in [0.2, 0.25) is 0 Å². The maximum absolute atomic E-state index is 13.3. The molecule has 2 N–H and O–H groups in total. The van der Waals surface area contributed by atoms with Gasteiger partial charge in [-0.15, -0.1) is 0 Å². The molecule has 0 aliphatic heterocycles. The maximum Gasteiger partial charge on any atom is 0.303 e. The zero-order valence-corrected chi connectivity index (χ0v) is 11.0. The number of benzene rings is 1. The highest BCUT2D eigenvalue weighted by Crippen LogP contribution is 2.11. The molecule has 0 fully saturated rings. The number of hydrogen-bond donors (Lipinski definition) is 2. The lowest BCUT2D eigenvalue weighted by atomic mass is 10.0. The molecule has 19 heavy (non-hydrogen) atoms. The average Bonchev–Trinajstić information content (AvgIpc) is 2.36. The van der Waals surface area contributed by atoms with Gasteiger partial charge in [-0.25, -0.2) is 8.78 Å². The molecular weight excluding hydrogens is 252 g/mol. The number of hydrogen-bond acceptors (Lipinski definition) is 2. The second-order valence-electron chi connectivity index (χ2n) is 4.74. The van der Waals surface area contributed by atoms with E-state index in [0.717, 1.165) is 18.6 Å². The molecule has 0 aromatic heterocycles. The van der Waals surface area contributed by atoms with Gasteiger partial charge in [0.15, 0.2) is 0 Å². The molecule has 0 spiro atoms. The van der Waals surface area contributed by atoms with Crippen LogP contribution < -0.4 is 5.32 Å². The molecular formula is C14H19F2NO2. The fourth-order valence-electron chi connectivity index (χ4n) is 1.76. The van der Waals surface area contributed by atoms with Crippen LogP contribution in [0.25, 0.3) is 0 Å². The maximum atomic E-state index is 13.3. The lowest BCUT2D eigenvalue weighted by Crippen LogP contribution is -2.18. The molecule has 106 valence electrons. The van der Waals surface area contributed by atoms with Gasteiger partial charge in [0.25, 0.3) is 0 Å². The first kappa shape index (κ1) is 15.6. The third-order valence-corrected chi connectivity index (χ3v) is 2.99. The zero-order valence-electron chi connectivity index (χ0n) is 11.0. The molecule has 0 heterocycles. The van der Waals surface area contributed by atoms with Gasteiger partial charge in [0, 0.05) is 18.5 Å². The van der Waals surface area contributed by atoms with E-state index in [1.54, 1.807) is 0 Å². The van der Waals surface area contributed by atoms with Crippen LogP contribution in [-0.2, 0) is 11.3 Å². The predicted molar refractivity (Wildman–Crippen MR) is 68.7 cm³/mol. The van der Waals surface area contributed by atoms with Gasteiger partial charge in [-0.2, -0.15) is 0 Å². The molecule has 0 bridgehead atoms. The molecule has 1 unspecified atom stereocenters. The molecule has 1 rings (SSSR count). The Kier molecular flexibility index (Phi) is 6.42. The highest BCUT2D eigenvalue weighted by molar-refractivity contribution is 5.66. The minimum Gasteiger partial charge on any atom is -0.481 e. The van der Waals surface area contributed by atoms with Crippen LogP contribution in [0.4, 0.5) is 8.78 Å². The van der Waals surface area contributed by atoms with Crippen LogP contribution in [-0.4, -0.2) is 17.6 Å². The van der Waals surface area contributed by atoms with Crippen LogP contribution >= 0.6 is 0 Å². The van der Waals surface area contributed by atoms with Crippen LogP contribution in [0.15, 0.2) is 18.2 Å². The van der Waals surface area contributed by atoms with Gasteiger partial charge in [-0.05, 0) is 43.5 Å². The molecule has 1 aromatic carbocycles. The van der Waals surface area contributed by atoms with Crippen LogP contribution in [0.3, 0.4) is 0 Å². The summed E-state index contributed by atoms with van der Waals surface area (Å²) in [6, 6.07) is 3.38. The van der Waals surface area contributed by atoms with Crippen molar-refractivity contribution < 1.29 is 18.7 Å². The minimum atomic E-state index is -0.790. The molecule has 3 nitrogen and oxygen atoms in total. The summed E-state index contributed by atoms with van der Waals surface area (Å²) in [5.41, 5.74) is 0.304. The van der Waals surface area contributed by atoms with Gasteiger partial charge >= 0.3 is 5.97 Å². The van der Waals surface area contributed by atoms with Gasteiger partial charge in [-0.1, -0.05) is 6.92 Å². The quantitative estimate of drug-likeness (QED) is 0.715. The van der Waals surface area contributed by atoms with Crippen molar-refractivity contribution in [3.8, 4) is 0 Å². The van der Waals surface area contributed by atoms with Crippen molar-refractivity contribution in [1.82, 2.24) is 5.32 Å². The highest BCUT2D eigenvalue weighted by atomic mass is 19.1. The Morgan fingerprint density at radius 3 is 2.79 bits per heavy atom. The van der Waals surface area contributed by atoms with Crippen LogP contribution in [0.5, 0.6) is 0 Å². The van der Waals surface area contributed by atoms with Gasteiger partial charge in [0.05, 0.1) is 0 Å². The third kappa shape index (κ3) is 6.29. The van der Waals surface area contributed by atoms with E-state index in [0.29, 0.717) is 24.4 Å². The van der Waals surface area contributed by atoms with E-state index in [9.17, 15) is 13.6 Å². The highest BCUT2D eigenvalue weighted by Gasteiger charge is 2.06. The Bertz CT molecular complexity index is 424. The molecule has 0 aliphatic carbocycles. The fourth-order valence-corrected chi connectivity index (χ4v) is 1.76. The van der Waals surface area contributed by atoms with Crippen molar-refractivity contribution in [2.45, 2.75) is 32.7 Å². The second kappa shape index (κ2) is 7.84. The summed E-state index contributed by atoms with van der Waals surface area (Å²) in [5, 5.41) is 11.6. The number of halogens is 2. The van der Waals surface area contributed by atoms with Crippen molar-refractivity contribution in [3.63, 3.8) is 0 Å². The number of carbonyl (C=O) groups is 1. The van der Waals surface area contributed by atoms with Crippen molar-refractivity contribution in [3.05, 3.63) is 35.4 Å². The first-order valence-corrected chi connectivity index (χ1v) is 6.35.